The monoisotopic (exact) mass is 481 g/mol. The minimum Gasteiger partial charge on any atom is -0.329 e. The van der Waals surface area contributed by atoms with Crippen LogP contribution >= 0.6 is 12.6 Å². The molecule has 2 aromatic carbocycles. The smallest absolute Gasteiger partial charge is 0.255 e. The van der Waals surface area contributed by atoms with Crippen molar-refractivity contribution < 1.29 is 13.6 Å². The molecule has 0 radical (unpaired) electrons. The van der Waals surface area contributed by atoms with E-state index in [2.05, 4.69) is 22.9 Å². The number of H-pyrrole nitrogens is 1. The highest BCUT2D eigenvalue weighted by Crippen LogP contribution is 2.38. The minimum absolute atomic E-state index is 0.0366. The zero-order chi connectivity index (χ0) is 24.7. The fraction of sp³-hybridized carbons (Fsp3) is 0.154. The van der Waals surface area contributed by atoms with Crippen molar-refractivity contribution in [1.29, 1.82) is 0 Å². The predicted octanol–water partition coefficient (Wildman–Crippen LogP) is 5.86. The maximum absolute atomic E-state index is 14.4. The van der Waals surface area contributed by atoms with E-state index in [0.29, 0.717) is 34.3 Å². The van der Waals surface area contributed by atoms with E-state index in [4.69, 9.17) is 0 Å². The third-order valence-electron chi connectivity index (χ3n) is 5.25. The SMILES string of the molecule is CC/C=C/c1ccc2c(c1)c(-c1ccc[nH]c1=O)c(NC=O)n2Cc1cc(F)ccc1F.CS. The number of halogens is 2. The van der Waals surface area contributed by atoms with E-state index < -0.39 is 11.6 Å². The summed E-state index contributed by atoms with van der Waals surface area (Å²) in [6.07, 6.45) is 8.57. The molecule has 0 saturated carbocycles. The first kappa shape index (κ1) is 25.0. The Morgan fingerprint density at radius 3 is 2.62 bits per heavy atom. The van der Waals surface area contributed by atoms with Crippen LogP contribution in [0.1, 0.15) is 24.5 Å². The number of amides is 1. The fourth-order valence-electron chi connectivity index (χ4n) is 3.83. The van der Waals surface area contributed by atoms with Crippen LogP contribution in [-0.2, 0) is 11.3 Å². The molecule has 0 fully saturated rings. The molecule has 4 rings (SSSR count). The van der Waals surface area contributed by atoms with E-state index in [1.54, 1.807) is 23.0 Å². The van der Waals surface area contributed by atoms with Crippen molar-refractivity contribution in [2.24, 2.45) is 0 Å². The number of benzene rings is 2. The summed E-state index contributed by atoms with van der Waals surface area (Å²) in [5.41, 5.74) is 2.25. The number of thiol groups is 1. The third kappa shape index (κ3) is 5.12. The lowest BCUT2D eigenvalue weighted by molar-refractivity contribution is -0.105. The first-order valence-electron chi connectivity index (χ1n) is 10.6. The van der Waals surface area contributed by atoms with E-state index in [1.807, 2.05) is 37.3 Å². The summed E-state index contributed by atoms with van der Waals surface area (Å²) in [4.78, 5) is 26.8. The molecule has 2 N–H and O–H groups in total. The fourth-order valence-corrected chi connectivity index (χ4v) is 3.83. The van der Waals surface area contributed by atoms with Crippen molar-refractivity contribution in [1.82, 2.24) is 9.55 Å². The highest BCUT2D eigenvalue weighted by Gasteiger charge is 2.21. The number of nitrogens with one attached hydrogen (secondary N) is 2. The van der Waals surface area contributed by atoms with Gasteiger partial charge in [0, 0.05) is 22.7 Å². The average molecular weight is 482 g/mol. The molecule has 0 bridgehead atoms. The summed E-state index contributed by atoms with van der Waals surface area (Å²) >= 11 is 3.53. The average Bonchev–Trinajstić information content (AvgIpc) is 3.14. The molecular weight excluding hydrogens is 456 g/mol. The van der Waals surface area contributed by atoms with Crippen LogP contribution in [0.15, 0.2) is 65.6 Å². The lowest BCUT2D eigenvalue weighted by atomic mass is 10.0. The second kappa shape index (κ2) is 11.5. The van der Waals surface area contributed by atoms with Gasteiger partial charge in [-0.15, -0.1) is 0 Å². The predicted molar refractivity (Wildman–Crippen MR) is 137 cm³/mol. The number of hydrogen-bond acceptors (Lipinski definition) is 3. The minimum atomic E-state index is -0.563. The Bertz CT molecular complexity index is 1390. The van der Waals surface area contributed by atoms with Crippen molar-refractivity contribution in [3.05, 3.63) is 93.9 Å². The molecule has 8 heteroatoms. The van der Waals surface area contributed by atoms with Crippen LogP contribution < -0.4 is 10.9 Å². The van der Waals surface area contributed by atoms with E-state index in [9.17, 15) is 18.4 Å². The molecule has 2 heterocycles. The van der Waals surface area contributed by atoms with Crippen molar-refractivity contribution in [2.75, 3.05) is 11.6 Å². The number of aromatic amines is 1. The van der Waals surface area contributed by atoms with Crippen molar-refractivity contribution in [3.63, 3.8) is 0 Å². The van der Waals surface area contributed by atoms with Gasteiger partial charge in [-0.3, -0.25) is 9.59 Å². The van der Waals surface area contributed by atoms with Gasteiger partial charge in [-0.1, -0.05) is 25.1 Å². The summed E-state index contributed by atoms with van der Waals surface area (Å²) in [7, 11) is 0. The molecule has 34 heavy (non-hydrogen) atoms. The highest BCUT2D eigenvalue weighted by molar-refractivity contribution is 7.79. The van der Waals surface area contributed by atoms with Crippen LogP contribution in [0.3, 0.4) is 0 Å². The Morgan fingerprint density at radius 2 is 1.91 bits per heavy atom. The number of carbonyl (C=O) groups is 1. The molecule has 0 aliphatic heterocycles. The van der Waals surface area contributed by atoms with Gasteiger partial charge in [0.25, 0.3) is 5.56 Å². The molecule has 176 valence electrons. The maximum atomic E-state index is 14.4. The van der Waals surface area contributed by atoms with Crippen LogP contribution in [0.4, 0.5) is 14.6 Å². The number of pyridine rings is 1. The lowest BCUT2D eigenvalue weighted by Crippen LogP contribution is -2.11. The highest BCUT2D eigenvalue weighted by atomic mass is 32.1. The Hall–Kier alpha value is -3.65. The molecule has 0 atom stereocenters. The van der Waals surface area contributed by atoms with Gasteiger partial charge in [-0.25, -0.2) is 8.78 Å². The molecule has 0 aliphatic carbocycles. The molecule has 0 saturated heterocycles. The number of rotatable bonds is 7. The number of carbonyl (C=O) groups excluding carboxylic acids is 1. The normalized spacial score (nSPS) is 10.9. The molecular formula is C26H25F2N3O2S. The summed E-state index contributed by atoms with van der Waals surface area (Å²) < 4.78 is 29.9. The van der Waals surface area contributed by atoms with Crippen LogP contribution in [-0.4, -0.2) is 22.2 Å². The van der Waals surface area contributed by atoms with Crippen LogP contribution in [0, 0.1) is 11.6 Å². The topological polar surface area (TPSA) is 66.9 Å². The van der Waals surface area contributed by atoms with Gasteiger partial charge in [0.2, 0.25) is 6.41 Å². The number of allylic oxidation sites excluding steroid dienone is 1. The standard InChI is InChI=1S/C25H21F2N3O2.CH4S/c1-2-3-5-16-7-10-22-20(12-16)23(19-6-4-11-28-25(19)32)24(29-15-31)30(22)14-17-13-18(26)8-9-21(17)27;1-2/h3-13,15H,2,14H2,1H3,(H,28,32)(H,29,31);2H,1H3/b5-3+;. The summed E-state index contributed by atoms with van der Waals surface area (Å²) in [5.74, 6) is -0.798. The van der Waals surface area contributed by atoms with E-state index >= 15 is 0 Å². The molecule has 0 spiro atoms. The Morgan fingerprint density at radius 1 is 1.12 bits per heavy atom. The zero-order valence-electron chi connectivity index (χ0n) is 18.8. The number of anilines is 1. The van der Waals surface area contributed by atoms with E-state index in [-0.39, 0.29) is 17.7 Å². The van der Waals surface area contributed by atoms with Gasteiger partial charge in [-0.2, -0.15) is 12.6 Å². The molecule has 2 aromatic heterocycles. The number of aromatic nitrogens is 2. The number of fused-ring (bicyclic) bond motifs is 1. The molecule has 0 unspecified atom stereocenters. The van der Waals surface area contributed by atoms with Gasteiger partial charge in [0.15, 0.2) is 0 Å². The molecule has 0 aliphatic rings. The van der Waals surface area contributed by atoms with E-state index in [1.165, 1.54) is 6.20 Å². The Balaban J connectivity index is 0.00000158. The summed E-state index contributed by atoms with van der Waals surface area (Å²) in [6, 6.07) is 12.3. The van der Waals surface area contributed by atoms with E-state index in [0.717, 1.165) is 30.2 Å². The second-order valence-corrected chi connectivity index (χ2v) is 7.31. The van der Waals surface area contributed by atoms with Gasteiger partial charge in [-0.05, 0) is 60.7 Å². The van der Waals surface area contributed by atoms with Crippen molar-refractivity contribution in [2.45, 2.75) is 19.9 Å². The largest absolute Gasteiger partial charge is 0.329 e. The second-order valence-electron chi connectivity index (χ2n) is 7.31. The van der Waals surface area contributed by atoms with Crippen LogP contribution in [0.2, 0.25) is 0 Å². The molecule has 1 amide bonds. The maximum Gasteiger partial charge on any atom is 0.255 e. The first-order chi connectivity index (χ1) is 16.5. The van der Waals surface area contributed by atoms with Crippen LogP contribution in [0.25, 0.3) is 28.1 Å². The van der Waals surface area contributed by atoms with Gasteiger partial charge in [0.1, 0.15) is 17.5 Å². The van der Waals surface area contributed by atoms with Crippen molar-refractivity contribution >= 4 is 41.8 Å². The summed E-state index contributed by atoms with van der Waals surface area (Å²) in [5, 5.41) is 3.38. The first-order valence-corrected chi connectivity index (χ1v) is 11.5. The lowest BCUT2D eigenvalue weighted by Gasteiger charge is -2.12. The summed E-state index contributed by atoms with van der Waals surface area (Å²) in [6.45, 7) is 1.99. The van der Waals surface area contributed by atoms with Gasteiger partial charge >= 0.3 is 0 Å². The van der Waals surface area contributed by atoms with Gasteiger partial charge < -0.3 is 14.9 Å². The number of nitrogens with zero attached hydrogens (tertiary/aromatic N) is 1. The Labute approximate surface area is 201 Å². The molecule has 4 aromatic rings. The zero-order valence-corrected chi connectivity index (χ0v) is 19.7. The van der Waals surface area contributed by atoms with Gasteiger partial charge in [0.05, 0.1) is 17.6 Å². The van der Waals surface area contributed by atoms with Crippen molar-refractivity contribution in [3.8, 4) is 11.1 Å². The third-order valence-corrected chi connectivity index (χ3v) is 5.25. The van der Waals surface area contributed by atoms with Crippen LogP contribution in [0.5, 0.6) is 0 Å². The quantitative estimate of drug-likeness (QED) is 0.229. The Kier molecular flexibility index (Phi) is 8.43. The number of hydrogen-bond donors (Lipinski definition) is 3. The molecule has 5 nitrogen and oxygen atoms in total.